The molecular weight excluding hydrogens is 222 g/mol. The molecule has 0 amide bonds. The topological polar surface area (TPSA) is 21.3 Å². The molecule has 2 unspecified atom stereocenters. The zero-order valence-corrected chi connectivity index (χ0v) is 12.5. The van der Waals surface area contributed by atoms with Crippen molar-refractivity contribution in [3.63, 3.8) is 0 Å². The molecule has 1 saturated heterocycles. The molecule has 1 aliphatic carbocycles. The van der Waals surface area contributed by atoms with E-state index in [1.807, 2.05) is 0 Å². The van der Waals surface area contributed by atoms with Crippen molar-refractivity contribution in [3.8, 4) is 0 Å². The van der Waals surface area contributed by atoms with Crippen LogP contribution in [0, 0.1) is 11.8 Å². The van der Waals surface area contributed by atoms with E-state index >= 15 is 0 Å². The van der Waals surface area contributed by atoms with Crippen molar-refractivity contribution in [3.05, 3.63) is 0 Å². The van der Waals surface area contributed by atoms with Crippen molar-refractivity contribution in [1.29, 1.82) is 0 Å². The van der Waals surface area contributed by atoms with Crippen LogP contribution in [-0.2, 0) is 4.74 Å². The Hall–Kier alpha value is -0.0800. The van der Waals surface area contributed by atoms with E-state index < -0.39 is 0 Å². The lowest BCUT2D eigenvalue weighted by molar-refractivity contribution is -0.0267. The maximum absolute atomic E-state index is 5.85. The van der Waals surface area contributed by atoms with Gasteiger partial charge in [-0.3, -0.25) is 0 Å². The second-order valence-electron chi connectivity index (χ2n) is 6.67. The molecule has 2 aliphatic rings. The van der Waals surface area contributed by atoms with Crippen molar-refractivity contribution in [2.75, 3.05) is 6.61 Å². The minimum atomic E-state index is 0.475. The molecule has 2 rings (SSSR count). The summed E-state index contributed by atoms with van der Waals surface area (Å²) >= 11 is 0. The Morgan fingerprint density at radius 2 is 1.78 bits per heavy atom. The molecule has 0 aromatic carbocycles. The highest BCUT2D eigenvalue weighted by molar-refractivity contribution is 4.84. The molecule has 1 saturated carbocycles. The average Bonchev–Trinajstić information content (AvgIpc) is 2.40. The normalized spacial score (nSPS) is 38.0. The van der Waals surface area contributed by atoms with Crippen LogP contribution in [0.3, 0.4) is 0 Å². The van der Waals surface area contributed by atoms with Crippen LogP contribution in [0.5, 0.6) is 0 Å². The fraction of sp³-hybridized carbons (Fsp3) is 1.00. The van der Waals surface area contributed by atoms with Gasteiger partial charge in [-0.25, -0.2) is 0 Å². The standard InChI is InChI=1S/C16H31NO/c1-4-13-5-7-14(8-6-13)17-15-9-10-18-16(11-15)12(2)3/h12-17H,4-11H2,1-3H3. The Kier molecular flexibility index (Phi) is 5.50. The van der Waals surface area contributed by atoms with Gasteiger partial charge in [0.05, 0.1) is 6.10 Å². The Morgan fingerprint density at radius 1 is 1.06 bits per heavy atom. The largest absolute Gasteiger partial charge is 0.378 e. The van der Waals surface area contributed by atoms with E-state index in [2.05, 4.69) is 26.1 Å². The fourth-order valence-electron chi connectivity index (χ4n) is 3.51. The first-order chi connectivity index (χ1) is 8.69. The molecule has 1 N–H and O–H groups in total. The molecule has 0 aromatic rings. The zero-order chi connectivity index (χ0) is 13.0. The molecule has 2 atom stereocenters. The predicted octanol–water partition coefficient (Wildman–Crippen LogP) is 3.75. The first kappa shape index (κ1) is 14.3. The van der Waals surface area contributed by atoms with Crippen LogP contribution in [0.1, 0.15) is 65.7 Å². The Labute approximate surface area is 113 Å². The lowest BCUT2D eigenvalue weighted by Crippen LogP contribution is -2.46. The SMILES string of the molecule is CCC1CCC(NC2CCOC(C(C)C)C2)CC1. The summed E-state index contributed by atoms with van der Waals surface area (Å²) in [7, 11) is 0. The highest BCUT2D eigenvalue weighted by Gasteiger charge is 2.28. The summed E-state index contributed by atoms with van der Waals surface area (Å²) in [6.07, 6.45) is 9.92. The van der Waals surface area contributed by atoms with Gasteiger partial charge in [0, 0.05) is 18.7 Å². The third kappa shape index (κ3) is 3.96. The summed E-state index contributed by atoms with van der Waals surface area (Å²) in [6.45, 7) is 7.84. The van der Waals surface area contributed by atoms with Gasteiger partial charge < -0.3 is 10.1 Å². The summed E-state index contributed by atoms with van der Waals surface area (Å²) in [6, 6.07) is 1.48. The highest BCUT2D eigenvalue weighted by atomic mass is 16.5. The third-order valence-corrected chi connectivity index (χ3v) is 4.95. The molecule has 2 fully saturated rings. The molecule has 1 heterocycles. The zero-order valence-electron chi connectivity index (χ0n) is 12.5. The van der Waals surface area contributed by atoms with Gasteiger partial charge in [0.25, 0.3) is 0 Å². The van der Waals surface area contributed by atoms with Gasteiger partial charge in [-0.1, -0.05) is 27.2 Å². The maximum atomic E-state index is 5.85. The molecule has 2 heteroatoms. The monoisotopic (exact) mass is 253 g/mol. The second-order valence-corrected chi connectivity index (χ2v) is 6.67. The van der Waals surface area contributed by atoms with Gasteiger partial charge in [0.2, 0.25) is 0 Å². The summed E-state index contributed by atoms with van der Waals surface area (Å²) in [5.74, 6) is 1.66. The Balaban J connectivity index is 1.73. The van der Waals surface area contributed by atoms with Crippen LogP contribution in [0.2, 0.25) is 0 Å². The minimum Gasteiger partial charge on any atom is -0.378 e. The van der Waals surface area contributed by atoms with E-state index in [-0.39, 0.29) is 0 Å². The van der Waals surface area contributed by atoms with Gasteiger partial charge in [0.15, 0.2) is 0 Å². The molecule has 18 heavy (non-hydrogen) atoms. The predicted molar refractivity (Wildman–Crippen MR) is 76.8 cm³/mol. The highest BCUT2D eigenvalue weighted by Crippen LogP contribution is 2.28. The van der Waals surface area contributed by atoms with Crippen molar-refractivity contribution in [2.45, 2.75) is 83.9 Å². The van der Waals surface area contributed by atoms with Gasteiger partial charge in [-0.05, 0) is 50.4 Å². The van der Waals surface area contributed by atoms with Crippen molar-refractivity contribution in [2.24, 2.45) is 11.8 Å². The lowest BCUT2D eigenvalue weighted by atomic mass is 9.84. The molecular formula is C16H31NO. The van der Waals surface area contributed by atoms with Crippen LogP contribution in [-0.4, -0.2) is 24.8 Å². The molecule has 0 bridgehead atoms. The van der Waals surface area contributed by atoms with Crippen LogP contribution in [0.4, 0.5) is 0 Å². The fourth-order valence-corrected chi connectivity index (χ4v) is 3.51. The Bertz CT molecular complexity index is 233. The molecule has 1 aliphatic heterocycles. The first-order valence-corrected chi connectivity index (χ1v) is 8.06. The summed E-state index contributed by atoms with van der Waals surface area (Å²) < 4.78 is 5.85. The van der Waals surface area contributed by atoms with E-state index in [0.717, 1.165) is 18.6 Å². The summed E-state index contributed by atoms with van der Waals surface area (Å²) in [5, 5.41) is 3.91. The van der Waals surface area contributed by atoms with E-state index in [1.165, 1.54) is 44.9 Å². The number of hydrogen-bond acceptors (Lipinski definition) is 2. The van der Waals surface area contributed by atoms with Gasteiger partial charge in [0.1, 0.15) is 0 Å². The van der Waals surface area contributed by atoms with Crippen LogP contribution in [0.25, 0.3) is 0 Å². The number of hydrogen-bond donors (Lipinski definition) is 1. The molecule has 0 aromatic heterocycles. The molecule has 106 valence electrons. The average molecular weight is 253 g/mol. The van der Waals surface area contributed by atoms with Crippen molar-refractivity contribution >= 4 is 0 Å². The van der Waals surface area contributed by atoms with E-state index in [4.69, 9.17) is 4.74 Å². The molecule has 2 nitrogen and oxygen atoms in total. The molecule has 0 radical (unpaired) electrons. The van der Waals surface area contributed by atoms with Crippen LogP contribution in [0.15, 0.2) is 0 Å². The van der Waals surface area contributed by atoms with Gasteiger partial charge in [-0.2, -0.15) is 0 Å². The lowest BCUT2D eigenvalue weighted by Gasteiger charge is -2.37. The van der Waals surface area contributed by atoms with E-state index in [9.17, 15) is 0 Å². The quantitative estimate of drug-likeness (QED) is 0.824. The van der Waals surface area contributed by atoms with Crippen LogP contribution < -0.4 is 5.32 Å². The van der Waals surface area contributed by atoms with E-state index in [0.29, 0.717) is 18.1 Å². The van der Waals surface area contributed by atoms with E-state index in [1.54, 1.807) is 0 Å². The number of ether oxygens (including phenoxy) is 1. The maximum Gasteiger partial charge on any atom is 0.0612 e. The summed E-state index contributed by atoms with van der Waals surface area (Å²) in [4.78, 5) is 0. The minimum absolute atomic E-state index is 0.475. The Morgan fingerprint density at radius 3 is 2.39 bits per heavy atom. The van der Waals surface area contributed by atoms with Crippen molar-refractivity contribution in [1.82, 2.24) is 5.32 Å². The van der Waals surface area contributed by atoms with Gasteiger partial charge in [-0.15, -0.1) is 0 Å². The second kappa shape index (κ2) is 6.91. The first-order valence-electron chi connectivity index (χ1n) is 8.06. The van der Waals surface area contributed by atoms with Gasteiger partial charge >= 0.3 is 0 Å². The number of rotatable bonds is 4. The van der Waals surface area contributed by atoms with Crippen molar-refractivity contribution < 1.29 is 4.74 Å². The number of nitrogens with one attached hydrogen (secondary N) is 1. The van der Waals surface area contributed by atoms with Crippen LogP contribution >= 0.6 is 0 Å². The molecule has 0 spiro atoms. The smallest absolute Gasteiger partial charge is 0.0612 e. The third-order valence-electron chi connectivity index (χ3n) is 4.95. The summed E-state index contributed by atoms with van der Waals surface area (Å²) in [5.41, 5.74) is 0.